The molecule has 0 bridgehead atoms. The molecule has 0 radical (unpaired) electrons. The van der Waals surface area contributed by atoms with E-state index >= 15 is 0 Å². The first-order valence-corrected chi connectivity index (χ1v) is 10.6. The van der Waals surface area contributed by atoms with Gasteiger partial charge in [0.05, 0.1) is 11.3 Å². The third-order valence-electron chi connectivity index (χ3n) is 4.64. The van der Waals surface area contributed by atoms with Crippen molar-refractivity contribution in [3.05, 3.63) is 90.5 Å². The van der Waals surface area contributed by atoms with E-state index in [9.17, 15) is 9.50 Å². The lowest BCUT2D eigenvalue weighted by Gasteiger charge is -2.12. The van der Waals surface area contributed by atoms with Gasteiger partial charge < -0.3 is 5.11 Å². The molecule has 0 atom stereocenters. The van der Waals surface area contributed by atoms with Gasteiger partial charge in [0, 0.05) is 23.7 Å². The van der Waals surface area contributed by atoms with Crippen molar-refractivity contribution in [1.29, 1.82) is 0 Å². The highest BCUT2D eigenvalue weighted by Crippen LogP contribution is 2.37. The van der Waals surface area contributed by atoms with Crippen LogP contribution in [0.25, 0.3) is 22.4 Å². The predicted molar refractivity (Wildman–Crippen MR) is 118 cm³/mol. The molecule has 2 heterocycles. The minimum absolute atomic E-state index is 0.117. The third-order valence-corrected chi connectivity index (χ3v) is 5.57. The van der Waals surface area contributed by atoms with Gasteiger partial charge in [0.1, 0.15) is 5.82 Å². The van der Waals surface area contributed by atoms with Crippen LogP contribution in [-0.4, -0.2) is 25.8 Å². The summed E-state index contributed by atoms with van der Waals surface area (Å²) < 4.78 is 13.4. The number of nitrogens with zero attached hydrogens (tertiary/aromatic N) is 3. The van der Waals surface area contributed by atoms with Crippen LogP contribution in [0.2, 0.25) is 0 Å². The number of thioether (sulfide) groups is 1. The van der Waals surface area contributed by atoms with Crippen molar-refractivity contribution < 1.29 is 9.50 Å². The number of pyridine rings is 1. The third kappa shape index (κ3) is 4.83. The molecule has 0 saturated carbocycles. The lowest BCUT2D eigenvalue weighted by molar-refractivity contribution is 0.448. The molecule has 0 aliphatic carbocycles. The van der Waals surface area contributed by atoms with Gasteiger partial charge in [-0.15, -0.1) is 0 Å². The van der Waals surface area contributed by atoms with Gasteiger partial charge in [-0.3, -0.25) is 4.98 Å². The molecular weight excluding hydrogens is 397 g/mol. The van der Waals surface area contributed by atoms with E-state index in [0.29, 0.717) is 22.0 Å². The molecule has 0 fully saturated rings. The highest BCUT2D eigenvalue weighted by Gasteiger charge is 2.18. The van der Waals surface area contributed by atoms with Crippen molar-refractivity contribution >= 4 is 11.8 Å². The second kappa shape index (κ2) is 9.50. The number of hydrogen-bond donors (Lipinski definition) is 1. The average molecular weight is 418 g/mol. The fourth-order valence-corrected chi connectivity index (χ4v) is 3.96. The van der Waals surface area contributed by atoms with Gasteiger partial charge in [-0.2, -0.15) is 4.98 Å². The zero-order chi connectivity index (χ0) is 20.8. The van der Waals surface area contributed by atoms with Crippen LogP contribution in [0.4, 0.5) is 4.39 Å². The fourth-order valence-electron chi connectivity index (χ4n) is 3.18. The largest absolute Gasteiger partial charge is 0.493 e. The topological polar surface area (TPSA) is 58.9 Å². The van der Waals surface area contributed by atoms with Crippen molar-refractivity contribution in [1.82, 2.24) is 15.0 Å². The zero-order valence-corrected chi connectivity index (χ0v) is 17.0. The van der Waals surface area contributed by atoms with Crippen LogP contribution in [0, 0.1) is 5.82 Å². The molecule has 4 aromatic rings. The molecule has 4 rings (SSSR count). The fraction of sp³-hybridized carbons (Fsp3) is 0.125. The van der Waals surface area contributed by atoms with Crippen LogP contribution in [0.1, 0.15) is 12.0 Å². The summed E-state index contributed by atoms with van der Waals surface area (Å²) in [5.41, 5.74) is 3.84. The standard InChI is InChI=1S/C24H20FN3OS/c25-20-10-8-18(9-11-20)21-22(19-12-14-26-15-13-19)27-24(28-23(21)29)30-16-4-7-17-5-2-1-3-6-17/h1-3,5-6,8-15H,4,7,16H2,(H,27,28,29). The van der Waals surface area contributed by atoms with Gasteiger partial charge in [0.2, 0.25) is 5.88 Å². The smallest absolute Gasteiger partial charge is 0.223 e. The van der Waals surface area contributed by atoms with E-state index in [0.717, 1.165) is 24.2 Å². The lowest BCUT2D eigenvalue weighted by Crippen LogP contribution is -1.97. The Kier molecular flexibility index (Phi) is 6.35. The predicted octanol–water partition coefficient (Wildman–Crippen LogP) is 5.78. The molecule has 2 aromatic heterocycles. The molecular formula is C24H20FN3OS. The summed E-state index contributed by atoms with van der Waals surface area (Å²) in [5.74, 6) is 0.379. The molecule has 0 saturated heterocycles. The first kappa shape index (κ1) is 20.0. The Morgan fingerprint density at radius 3 is 2.30 bits per heavy atom. The zero-order valence-electron chi connectivity index (χ0n) is 16.2. The minimum Gasteiger partial charge on any atom is -0.493 e. The van der Waals surface area contributed by atoms with Gasteiger partial charge >= 0.3 is 0 Å². The van der Waals surface area contributed by atoms with Crippen LogP contribution < -0.4 is 0 Å². The van der Waals surface area contributed by atoms with E-state index in [1.165, 1.54) is 29.5 Å². The van der Waals surface area contributed by atoms with E-state index in [1.54, 1.807) is 24.5 Å². The first-order chi connectivity index (χ1) is 14.7. The van der Waals surface area contributed by atoms with Crippen molar-refractivity contribution in [3.8, 4) is 28.3 Å². The highest BCUT2D eigenvalue weighted by molar-refractivity contribution is 7.99. The van der Waals surface area contributed by atoms with E-state index in [4.69, 9.17) is 4.98 Å². The molecule has 4 nitrogen and oxygen atoms in total. The minimum atomic E-state index is -0.338. The van der Waals surface area contributed by atoms with Crippen molar-refractivity contribution in [2.75, 3.05) is 5.75 Å². The van der Waals surface area contributed by atoms with E-state index < -0.39 is 0 Å². The summed E-state index contributed by atoms with van der Waals surface area (Å²) >= 11 is 1.51. The molecule has 0 aliphatic heterocycles. The average Bonchev–Trinajstić information content (AvgIpc) is 2.78. The van der Waals surface area contributed by atoms with Crippen LogP contribution in [0.3, 0.4) is 0 Å². The Hall–Kier alpha value is -3.25. The quantitative estimate of drug-likeness (QED) is 0.235. The molecule has 0 aliphatic rings. The monoisotopic (exact) mass is 417 g/mol. The molecule has 0 spiro atoms. The van der Waals surface area contributed by atoms with Gasteiger partial charge in [-0.1, -0.05) is 54.2 Å². The van der Waals surface area contributed by atoms with E-state index in [-0.39, 0.29) is 11.7 Å². The van der Waals surface area contributed by atoms with Crippen LogP contribution in [0.15, 0.2) is 84.3 Å². The van der Waals surface area contributed by atoms with Crippen molar-refractivity contribution in [2.45, 2.75) is 18.0 Å². The normalized spacial score (nSPS) is 10.8. The SMILES string of the molecule is Oc1nc(SCCCc2ccccc2)nc(-c2ccncc2)c1-c1ccc(F)cc1. The molecule has 6 heteroatoms. The number of aryl methyl sites for hydroxylation is 1. The van der Waals surface area contributed by atoms with Gasteiger partial charge in [-0.25, -0.2) is 9.37 Å². The summed E-state index contributed by atoms with van der Waals surface area (Å²) in [4.78, 5) is 13.1. The summed E-state index contributed by atoms with van der Waals surface area (Å²) in [7, 11) is 0. The second-order valence-corrected chi connectivity index (χ2v) is 7.80. The lowest BCUT2D eigenvalue weighted by atomic mass is 10.0. The second-order valence-electron chi connectivity index (χ2n) is 6.73. The summed E-state index contributed by atoms with van der Waals surface area (Å²) in [6.07, 6.45) is 5.30. The number of hydrogen-bond acceptors (Lipinski definition) is 5. The van der Waals surface area contributed by atoms with Crippen LogP contribution in [0.5, 0.6) is 5.88 Å². The molecule has 0 unspecified atom stereocenters. The first-order valence-electron chi connectivity index (χ1n) is 9.65. The molecule has 150 valence electrons. The summed E-state index contributed by atoms with van der Waals surface area (Å²) in [6, 6.07) is 19.9. The highest BCUT2D eigenvalue weighted by atomic mass is 32.2. The Morgan fingerprint density at radius 1 is 0.833 bits per heavy atom. The van der Waals surface area contributed by atoms with Crippen molar-refractivity contribution in [2.24, 2.45) is 0 Å². The molecule has 0 amide bonds. The number of aromatic nitrogens is 3. The van der Waals surface area contributed by atoms with Crippen LogP contribution in [-0.2, 0) is 6.42 Å². The Bertz CT molecular complexity index is 1110. The van der Waals surface area contributed by atoms with E-state index in [1.807, 2.05) is 30.3 Å². The Balaban J connectivity index is 1.60. The maximum Gasteiger partial charge on any atom is 0.223 e. The number of halogens is 1. The maximum absolute atomic E-state index is 13.4. The summed E-state index contributed by atoms with van der Waals surface area (Å²) in [6.45, 7) is 0. The van der Waals surface area contributed by atoms with E-state index in [2.05, 4.69) is 22.1 Å². The number of aromatic hydroxyl groups is 1. The molecule has 1 N–H and O–H groups in total. The number of rotatable bonds is 7. The Labute approximate surface area is 178 Å². The van der Waals surface area contributed by atoms with Gasteiger partial charge in [0.25, 0.3) is 0 Å². The number of benzene rings is 2. The molecule has 2 aromatic carbocycles. The van der Waals surface area contributed by atoms with Gasteiger partial charge in [-0.05, 0) is 48.2 Å². The Morgan fingerprint density at radius 2 is 1.57 bits per heavy atom. The molecule has 30 heavy (non-hydrogen) atoms. The van der Waals surface area contributed by atoms with Crippen LogP contribution >= 0.6 is 11.8 Å². The van der Waals surface area contributed by atoms with Crippen molar-refractivity contribution in [3.63, 3.8) is 0 Å². The maximum atomic E-state index is 13.4. The summed E-state index contributed by atoms with van der Waals surface area (Å²) in [5, 5.41) is 11.2. The van der Waals surface area contributed by atoms with Gasteiger partial charge in [0.15, 0.2) is 5.16 Å².